The molecular formula is C16H14N2OS. The predicted octanol–water partition coefficient (Wildman–Crippen LogP) is 3.69. The van der Waals surface area contributed by atoms with Crippen molar-refractivity contribution in [3.05, 3.63) is 47.2 Å². The van der Waals surface area contributed by atoms with E-state index >= 15 is 0 Å². The molecule has 100 valence electrons. The molecule has 1 aliphatic rings. The zero-order valence-electron chi connectivity index (χ0n) is 11.0. The highest BCUT2D eigenvalue weighted by Gasteiger charge is 2.15. The summed E-state index contributed by atoms with van der Waals surface area (Å²) < 4.78 is 0. The number of benzene rings is 1. The lowest BCUT2D eigenvalue weighted by Crippen LogP contribution is -2.07. The van der Waals surface area contributed by atoms with Gasteiger partial charge in [0.25, 0.3) is 0 Å². The number of phenols is 1. The second-order valence-corrected chi connectivity index (χ2v) is 5.92. The minimum absolute atomic E-state index is 0.244. The maximum atomic E-state index is 9.30. The van der Waals surface area contributed by atoms with Crippen LogP contribution in [0.2, 0.25) is 0 Å². The molecule has 20 heavy (non-hydrogen) atoms. The molecule has 0 aliphatic heterocycles. The van der Waals surface area contributed by atoms with Gasteiger partial charge in [0.05, 0.1) is 5.56 Å². The van der Waals surface area contributed by atoms with Crippen molar-refractivity contribution in [2.24, 2.45) is 0 Å². The van der Waals surface area contributed by atoms with Crippen molar-refractivity contribution in [1.82, 2.24) is 4.98 Å². The third-order valence-corrected chi connectivity index (χ3v) is 4.45. The first-order chi connectivity index (χ1) is 9.76. The number of aryl methyl sites for hydroxylation is 2. The molecule has 1 aromatic heterocycles. The highest BCUT2D eigenvalue weighted by molar-refractivity contribution is 7.99. The fraction of sp³-hybridized carbons (Fsp3) is 0.250. The van der Waals surface area contributed by atoms with Gasteiger partial charge in [0.15, 0.2) is 0 Å². The Morgan fingerprint density at radius 1 is 1.15 bits per heavy atom. The lowest BCUT2D eigenvalue weighted by Gasteiger charge is -2.16. The molecule has 1 aliphatic carbocycles. The summed E-state index contributed by atoms with van der Waals surface area (Å²) in [5.41, 5.74) is 3.00. The molecule has 0 unspecified atom stereocenters. The van der Waals surface area contributed by atoms with Gasteiger partial charge < -0.3 is 5.11 Å². The van der Waals surface area contributed by atoms with Gasteiger partial charge in [-0.25, -0.2) is 4.98 Å². The standard InChI is InChI=1S/C16H14N2OS/c17-10-12-9-11-3-1-2-4-15(11)18-16(12)20-14-7-5-13(19)6-8-14/h5-9,19H,1-4H2. The van der Waals surface area contributed by atoms with E-state index < -0.39 is 0 Å². The Hall–Kier alpha value is -1.99. The van der Waals surface area contributed by atoms with Crippen molar-refractivity contribution in [2.75, 3.05) is 0 Å². The quantitative estimate of drug-likeness (QED) is 0.912. The molecule has 2 aromatic rings. The van der Waals surface area contributed by atoms with Gasteiger partial charge in [0.2, 0.25) is 0 Å². The van der Waals surface area contributed by atoms with Gasteiger partial charge in [-0.1, -0.05) is 11.8 Å². The van der Waals surface area contributed by atoms with Crippen LogP contribution in [0.3, 0.4) is 0 Å². The van der Waals surface area contributed by atoms with Gasteiger partial charge in [0, 0.05) is 10.6 Å². The Balaban J connectivity index is 1.96. The number of aromatic hydroxyl groups is 1. The fourth-order valence-corrected chi connectivity index (χ4v) is 3.26. The summed E-state index contributed by atoms with van der Waals surface area (Å²) in [5, 5.41) is 19.4. The number of aromatic nitrogens is 1. The number of hydrogen-bond acceptors (Lipinski definition) is 4. The van der Waals surface area contributed by atoms with Crippen LogP contribution in [-0.2, 0) is 12.8 Å². The first-order valence-electron chi connectivity index (χ1n) is 6.66. The Kier molecular flexibility index (Phi) is 3.62. The lowest BCUT2D eigenvalue weighted by atomic mass is 9.95. The summed E-state index contributed by atoms with van der Waals surface area (Å²) in [6.45, 7) is 0. The molecule has 0 fully saturated rings. The van der Waals surface area contributed by atoms with Crippen molar-refractivity contribution in [1.29, 1.82) is 5.26 Å². The first kappa shape index (κ1) is 13.0. The van der Waals surface area contributed by atoms with E-state index in [2.05, 4.69) is 11.1 Å². The predicted molar refractivity (Wildman–Crippen MR) is 77.8 cm³/mol. The molecule has 1 N–H and O–H groups in total. The Labute approximate surface area is 122 Å². The minimum Gasteiger partial charge on any atom is -0.508 e. The van der Waals surface area contributed by atoms with E-state index in [1.54, 1.807) is 12.1 Å². The Morgan fingerprint density at radius 2 is 1.90 bits per heavy atom. The maximum absolute atomic E-state index is 9.30. The molecule has 4 heteroatoms. The van der Waals surface area contributed by atoms with E-state index in [0.717, 1.165) is 28.5 Å². The summed E-state index contributed by atoms with van der Waals surface area (Å²) in [6, 6.07) is 11.2. The molecule has 0 spiro atoms. The average molecular weight is 282 g/mol. The molecule has 3 nitrogen and oxygen atoms in total. The van der Waals surface area contributed by atoms with Crippen LogP contribution in [0.4, 0.5) is 0 Å². The van der Waals surface area contributed by atoms with Crippen LogP contribution in [0.15, 0.2) is 40.3 Å². The zero-order chi connectivity index (χ0) is 13.9. The van der Waals surface area contributed by atoms with Crippen molar-refractivity contribution in [2.45, 2.75) is 35.6 Å². The molecule has 3 rings (SSSR count). The van der Waals surface area contributed by atoms with E-state index in [4.69, 9.17) is 0 Å². The molecule has 0 amide bonds. The number of phenolic OH excluding ortho intramolecular Hbond substituents is 1. The SMILES string of the molecule is N#Cc1cc2c(nc1Sc1ccc(O)cc1)CCCC2. The van der Waals surface area contributed by atoms with Crippen LogP contribution in [-0.4, -0.2) is 10.1 Å². The number of fused-ring (bicyclic) bond motifs is 1. The summed E-state index contributed by atoms with van der Waals surface area (Å²) in [6.07, 6.45) is 4.39. The molecular weight excluding hydrogens is 268 g/mol. The van der Waals surface area contributed by atoms with Crippen LogP contribution in [0.5, 0.6) is 5.75 Å². The molecule has 0 atom stereocenters. The largest absolute Gasteiger partial charge is 0.508 e. The minimum atomic E-state index is 0.244. The third-order valence-electron chi connectivity index (χ3n) is 3.44. The molecule has 0 saturated carbocycles. The summed E-state index contributed by atoms with van der Waals surface area (Å²) >= 11 is 1.48. The number of nitriles is 1. The lowest BCUT2D eigenvalue weighted by molar-refractivity contribution is 0.475. The second-order valence-electron chi connectivity index (χ2n) is 4.86. The maximum Gasteiger partial charge on any atom is 0.119 e. The van der Waals surface area contributed by atoms with Crippen LogP contribution < -0.4 is 0 Å². The first-order valence-corrected chi connectivity index (χ1v) is 7.47. The van der Waals surface area contributed by atoms with Crippen LogP contribution in [0.1, 0.15) is 29.7 Å². The van der Waals surface area contributed by atoms with Crippen LogP contribution in [0, 0.1) is 11.3 Å². The topological polar surface area (TPSA) is 56.9 Å². The van der Waals surface area contributed by atoms with E-state index in [-0.39, 0.29) is 5.75 Å². The Morgan fingerprint density at radius 3 is 2.65 bits per heavy atom. The van der Waals surface area contributed by atoms with Gasteiger partial charge in [-0.05, 0) is 61.6 Å². The summed E-state index contributed by atoms with van der Waals surface area (Å²) in [7, 11) is 0. The average Bonchev–Trinajstić information content (AvgIpc) is 2.49. The highest BCUT2D eigenvalue weighted by Crippen LogP contribution is 2.32. The normalized spacial score (nSPS) is 13.6. The van der Waals surface area contributed by atoms with Gasteiger partial charge in [0.1, 0.15) is 16.8 Å². The number of pyridine rings is 1. The van der Waals surface area contributed by atoms with Gasteiger partial charge >= 0.3 is 0 Å². The highest BCUT2D eigenvalue weighted by atomic mass is 32.2. The number of nitrogens with zero attached hydrogens (tertiary/aromatic N) is 2. The molecule has 0 saturated heterocycles. The van der Waals surface area contributed by atoms with Crippen LogP contribution in [0.25, 0.3) is 0 Å². The van der Waals surface area contributed by atoms with Crippen molar-refractivity contribution < 1.29 is 5.11 Å². The fourth-order valence-electron chi connectivity index (χ4n) is 2.40. The van der Waals surface area contributed by atoms with E-state index in [9.17, 15) is 10.4 Å². The van der Waals surface area contributed by atoms with Gasteiger partial charge in [-0.15, -0.1) is 0 Å². The molecule has 1 aromatic carbocycles. The van der Waals surface area contributed by atoms with Gasteiger partial charge in [-0.3, -0.25) is 0 Å². The van der Waals surface area contributed by atoms with E-state index in [1.165, 1.54) is 30.2 Å². The van der Waals surface area contributed by atoms with Gasteiger partial charge in [-0.2, -0.15) is 5.26 Å². The smallest absolute Gasteiger partial charge is 0.119 e. The second kappa shape index (κ2) is 5.56. The molecule has 1 heterocycles. The molecule has 0 bridgehead atoms. The number of rotatable bonds is 2. The molecule has 0 radical (unpaired) electrons. The summed E-state index contributed by atoms with van der Waals surface area (Å²) in [4.78, 5) is 5.65. The van der Waals surface area contributed by atoms with Crippen LogP contribution >= 0.6 is 11.8 Å². The zero-order valence-corrected chi connectivity index (χ0v) is 11.8. The summed E-state index contributed by atoms with van der Waals surface area (Å²) in [5.74, 6) is 0.244. The van der Waals surface area contributed by atoms with Crippen molar-refractivity contribution in [3.63, 3.8) is 0 Å². The Bertz CT molecular complexity index is 674. The van der Waals surface area contributed by atoms with Crippen molar-refractivity contribution in [3.8, 4) is 11.8 Å². The monoisotopic (exact) mass is 282 g/mol. The van der Waals surface area contributed by atoms with E-state index in [0.29, 0.717) is 5.56 Å². The number of hydrogen-bond donors (Lipinski definition) is 1. The third kappa shape index (κ3) is 2.63. The van der Waals surface area contributed by atoms with E-state index in [1.807, 2.05) is 18.2 Å². The van der Waals surface area contributed by atoms with Crippen molar-refractivity contribution >= 4 is 11.8 Å².